The highest BCUT2D eigenvalue weighted by Crippen LogP contribution is 2.20. The first kappa shape index (κ1) is 16.4. The molecule has 0 fully saturated rings. The lowest BCUT2D eigenvalue weighted by molar-refractivity contribution is -0.119. The summed E-state index contributed by atoms with van der Waals surface area (Å²) in [4.78, 5) is 22.5. The number of carbonyl (C=O) groups is 2. The molecule has 0 aliphatic heterocycles. The molecule has 0 atom stereocenters. The van der Waals surface area contributed by atoms with Crippen molar-refractivity contribution in [3.05, 3.63) is 60.2 Å². The fraction of sp³-hybridized carbons (Fsp3) is 0.176. The van der Waals surface area contributed by atoms with Crippen LogP contribution in [0.15, 0.2) is 54.6 Å². The fourth-order valence-corrected chi connectivity index (χ4v) is 1.79. The van der Waals surface area contributed by atoms with Crippen molar-refractivity contribution in [1.29, 1.82) is 0 Å². The van der Waals surface area contributed by atoms with E-state index >= 15 is 0 Å². The number of hydrogen-bond donors (Lipinski definition) is 3. The Balaban J connectivity index is 1.78. The predicted molar refractivity (Wildman–Crippen MR) is 87.3 cm³/mol. The van der Waals surface area contributed by atoms with Crippen molar-refractivity contribution >= 4 is 11.9 Å². The molecule has 0 bridgehead atoms. The van der Waals surface area contributed by atoms with Crippen LogP contribution in [-0.2, 0) is 11.3 Å². The molecule has 0 saturated carbocycles. The quantitative estimate of drug-likeness (QED) is 0.763. The summed E-state index contributed by atoms with van der Waals surface area (Å²) < 4.78 is 5.69. The van der Waals surface area contributed by atoms with Crippen LogP contribution in [0.5, 0.6) is 11.5 Å². The van der Waals surface area contributed by atoms with Crippen LogP contribution in [0, 0.1) is 0 Å². The Morgan fingerprint density at radius 2 is 1.57 bits per heavy atom. The summed E-state index contributed by atoms with van der Waals surface area (Å²) in [5.41, 5.74) is 0.931. The summed E-state index contributed by atoms with van der Waals surface area (Å²) in [7, 11) is 1.51. The summed E-state index contributed by atoms with van der Waals surface area (Å²) in [6.45, 7) is 0.317. The molecular formula is C17H19N3O3. The van der Waals surface area contributed by atoms with Crippen LogP contribution in [0.2, 0.25) is 0 Å². The van der Waals surface area contributed by atoms with Crippen molar-refractivity contribution in [1.82, 2.24) is 16.0 Å². The number of nitrogens with one attached hydrogen (secondary N) is 3. The molecule has 6 heteroatoms. The predicted octanol–water partition coefficient (Wildman–Crippen LogP) is 2.02. The number of likely N-dealkylation sites (N-methyl/N-ethyl adjacent to an activating group) is 1. The van der Waals surface area contributed by atoms with Gasteiger partial charge in [-0.15, -0.1) is 0 Å². The average molecular weight is 313 g/mol. The highest BCUT2D eigenvalue weighted by molar-refractivity contribution is 5.83. The van der Waals surface area contributed by atoms with Gasteiger partial charge in [-0.05, 0) is 29.8 Å². The maximum Gasteiger partial charge on any atom is 0.315 e. The molecule has 0 heterocycles. The van der Waals surface area contributed by atoms with E-state index in [2.05, 4.69) is 16.0 Å². The highest BCUT2D eigenvalue weighted by atomic mass is 16.5. The van der Waals surface area contributed by atoms with E-state index in [-0.39, 0.29) is 12.5 Å². The van der Waals surface area contributed by atoms with Gasteiger partial charge in [-0.2, -0.15) is 0 Å². The lowest BCUT2D eigenvalue weighted by Crippen LogP contribution is -2.40. The third kappa shape index (κ3) is 5.70. The molecule has 0 aliphatic carbocycles. The van der Waals surface area contributed by atoms with Crippen LogP contribution in [0.1, 0.15) is 5.56 Å². The summed E-state index contributed by atoms with van der Waals surface area (Å²) in [5, 5.41) is 7.56. The monoisotopic (exact) mass is 313 g/mol. The van der Waals surface area contributed by atoms with E-state index in [1.807, 2.05) is 54.6 Å². The van der Waals surface area contributed by atoms with E-state index < -0.39 is 6.03 Å². The van der Waals surface area contributed by atoms with E-state index in [1.54, 1.807) is 0 Å². The van der Waals surface area contributed by atoms with Gasteiger partial charge in [0.15, 0.2) is 0 Å². The zero-order valence-corrected chi connectivity index (χ0v) is 12.8. The van der Waals surface area contributed by atoms with E-state index in [4.69, 9.17) is 4.74 Å². The van der Waals surface area contributed by atoms with E-state index in [9.17, 15) is 9.59 Å². The molecule has 6 nitrogen and oxygen atoms in total. The second-order valence-electron chi connectivity index (χ2n) is 4.77. The van der Waals surface area contributed by atoms with Gasteiger partial charge in [-0.25, -0.2) is 4.79 Å². The summed E-state index contributed by atoms with van der Waals surface area (Å²) in [6.07, 6.45) is 0. The van der Waals surface area contributed by atoms with Gasteiger partial charge in [0.05, 0.1) is 6.54 Å². The van der Waals surface area contributed by atoms with Gasteiger partial charge >= 0.3 is 6.03 Å². The van der Waals surface area contributed by atoms with E-state index in [0.29, 0.717) is 6.54 Å². The molecule has 2 aromatic rings. The minimum absolute atomic E-state index is 0.0494. The van der Waals surface area contributed by atoms with Gasteiger partial charge in [0.2, 0.25) is 5.91 Å². The van der Waals surface area contributed by atoms with E-state index in [0.717, 1.165) is 17.1 Å². The minimum atomic E-state index is -0.391. The number of hydrogen-bond acceptors (Lipinski definition) is 3. The van der Waals surface area contributed by atoms with Crippen molar-refractivity contribution in [3.8, 4) is 11.5 Å². The molecule has 0 spiro atoms. The van der Waals surface area contributed by atoms with Crippen LogP contribution in [0.4, 0.5) is 4.79 Å². The normalized spacial score (nSPS) is 9.78. The Morgan fingerprint density at radius 3 is 2.22 bits per heavy atom. The first-order chi connectivity index (χ1) is 11.2. The number of carbonyl (C=O) groups excluding carboxylic acids is 2. The Morgan fingerprint density at radius 1 is 0.913 bits per heavy atom. The van der Waals surface area contributed by atoms with Crippen LogP contribution < -0.4 is 20.7 Å². The van der Waals surface area contributed by atoms with Gasteiger partial charge in [-0.3, -0.25) is 4.79 Å². The second kappa shape index (κ2) is 8.43. The number of rotatable bonds is 6. The molecule has 0 aliphatic rings. The fourth-order valence-electron chi connectivity index (χ4n) is 1.79. The SMILES string of the molecule is CNC(=O)CNC(=O)NCc1ccc(Oc2ccccc2)cc1. The largest absolute Gasteiger partial charge is 0.457 e. The number of amides is 3. The van der Waals surface area contributed by atoms with Crippen LogP contribution in [0.25, 0.3) is 0 Å². The number of ether oxygens (including phenoxy) is 1. The molecule has 0 aromatic heterocycles. The molecule has 120 valence electrons. The molecule has 3 N–H and O–H groups in total. The molecule has 0 unspecified atom stereocenters. The molecule has 2 rings (SSSR count). The van der Waals surface area contributed by atoms with Crippen LogP contribution in [-0.4, -0.2) is 25.5 Å². The van der Waals surface area contributed by atoms with Gasteiger partial charge in [0, 0.05) is 13.6 Å². The van der Waals surface area contributed by atoms with Gasteiger partial charge in [0.25, 0.3) is 0 Å². The zero-order valence-electron chi connectivity index (χ0n) is 12.8. The Kier molecular flexibility index (Phi) is 5.99. The molecule has 2 aromatic carbocycles. The average Bonchev–Trinajstić information content (AvgIpc) is 2.60. The summed E-state index contributed by atoms with van der Waals surface area (Å²) in [5.74, 6) is 1.25. The van der Waals surface area contributed by atoms with Crippen molar-refractivity contribution in [2.75, 3.05) is 13.6 Å². The van der Waals surface area contributed by atoms with Gasteiger partial charge in [-0.1, -0.05) is 30.3 Å². The highest BCUT2D eigenvalue weighted by Gasteiger charge is 2.03. The second-order valence-corrected chi connectivity index (χ2v) is 4.77. The first-order valence-electron chi connectivity index (χ1n) is 7.21. The first-order valence-corrected chi connectivity index (χ1v) is 7.21. The van der Waals surface area contributed by atoms with Crippen molar-refractivity contribution in [2.24, 2.45) is 0 Å². The van der Waals surface area contributed by atoms with Crippen LogP contribution in [0.3, 0.4) is 0 Å². The minimum Gasteiger partial charge on any atom is -0.457 e. The molecular weight excluding hydrogens is 294 g/mol. The third-order valence-corrected chi connectivity index (χ3v) is 3.04. The summed E-state index contributed by atoms with van der Waals surface area (Å²) in [6, 6.07) is 16.5. The van der Waals surface area contributed by atoms with Crippen molar-refractivity contribution in [2.45, 2.75) is 6.54 Å². The maximum absolute atomic E-state index is 11.5. The smallest absolute Gasteiger partial charge is 0.315 e. The Hall–Kier alpha value is -3.02. The van der Waals surface area contributed by atoms with Crippen molar-refractivity contribution in [3.63, 3.8) is 0 Å². The van der Waals surface area contributed by atoms with Crippen LogP contribution >= 0.6 is 0 Å². The Labute approximate surface area is 134 Å². The van der Waals surface area contributed by atoms with E-state index in [1.165, 1.54) is 7.05 Å². The Bertz CT molecular complexity index is 642. The topological polar surface area (TPSA) is 79.5 Å². The summed E-state index contributed by atoms with van der Waals surface area (Å²) >= 11 is 0. The third-order valence-electron chi connectivity index (χ3n) is 3.04. The van der Waals surface area contributed by atoms with Gasteiger partial charge in [0.1, 0.15) is 11.5 Å². The number of urea groups is 1. The lowest BCUT2D eigenvalue weighted by Gasteiger charge is -2.08. The molecule has 3 amide bonds. The zero-order chi connectivity index (χ0) is 16.5. The number of para-hydroxylation sites is 1. The standard InChI is InChI=1S/C17H19N3O3/c1-18-16(21)12-20-17(22)19-11-13-7-9-15(10-8-13)23-14-5-3-2-4-6-14/h2-10H,11-12H2,1H3,(H,18,21)(H2,19,20,22). The number of benzene rings is 2. The molecule has 0 radical (unpaired) electrons. The van der Waals surface area contributed by atoms with Gasteiger partial charge < -0.3 is 20.7 Å². The van der Waals surface area contributed by atoms with Crippen molar-refractivity contribution < 1.29 is 14.3 Å². The lowest BCUT2D eigenvalue weighted by atomic mass is 10.2. The maximum atomic E-state index is 11.5. The molecule has 23 heavy (non-hydrogen) atoms. The molecule has 0 saturated heterocycles.